The summed E-state index contributed by atoms with van der Waals surface area (Å²) in [4.78, 5) is 28.2. The zero-order valence-electron chi connectivity index (χ0n) is 13.3. The second kappa shape index (κ2) is 6.91. The molecular weight excluding hydrogens is 360 g/mol. The summed E-state index contributed by atoms with van der Waals surface area (Å²) in [6, 6.07) is 5.79. The van der Waals surface area contributed by atoms with Crippen LogP contribution in [0.3, 0.4) is 0 Å². The Morgan fingerprint density at radius 3 is 2.83 bits per heavy atom. The van der Waals surface area contributed by atoms with Gasteiger partial charge in [0, 0.05) is 17.6 Å². The van der Waals surface area contributed by atoms with E-state index in [2.05, 4.69) is 15.9 Å². The highest BCUT2D eigenvalue weighted by Crippen LogP contribution is 2.34. The van der Waals surface area contributed by atoms with Crippen molar-refractivity contribution in [1.82, 2.24) is 4.90 Å². The summed E-state index contributed by atoms with van der Waals surface area (Å²) in [6.07, 6.45) is 5.72. The van der Waals surface area contributed by atoms with E-state index in [-0.39, 0.29) is 25.0 Å². The topological polar surface area (TPSA) is 49.9 Å². The van der Waals surface area contributed by atoms with E-state index in [1.807, 2.05) is 30.1 Å². The fourth-order valence-corrected chi connectivity index (χ4v) is 3.61. The van der Waals surface area contributed by atoms with Crippen LogP contribution in [-0.2, 0) is 9.59 Å². The second-order valence-corrected chi connectivity index (χ2v) is 7.09. The van der Waals surface area contributed by atoms with Gasteiger partial charge in [-0.1, -0.05) is 35.2 Å². The molecule has 0 spiro atoms. The van der Waals surface area contributed by atoms with Gasteiger partial charge in [-0.05, 0) is 31.0 Å². The van der Waals surface area contributed by atoms with Crippen molar-refractivity contribution in [2.75, 3.05) is 25.1 Å². The largest absolute Gasteiger partial charge is 0.482 e. The molecule has 1 saturated carbocycles. The molecule has 5 nitrogen and oxygen atoms in total. The van der Waals surface area contributed by atoms with Crippen molar-refractivity contribution in [1.29, 1.82) is 0 Å². The predicted molar refractivity (Wildman–Crippen MR) is 91.6 cm³/mol. The Morgan fingerprint density at radius 1 is 1.35 bits per heavy atom. The molecule has 1 heterocycles. The van der Waals surface area contributed by atoms with Crippen LogP contribution in [0.25, 0.3) is 0 Å². The number of hydrogen-bond donors (Lipinski definition) is 0. The van der Waals surface area contributed by atoms with Gasteiger partial charge in [-0.25, -0.2) is 0 Å². The fourth-order valence-electron chi connectivity index (χ4n) is 3.27. The van der Waals surface area contributed by atoms with Crippen molar-refractivity contribution in [2.45, 2.75) is 38.1 Å². The molecule has 124 valence electrons. The Kier molecular flexibility index (Phi) is 4.90. The number of hydrogen-bond acceptors (Lipinski definition) is 3. The molecule has 0 bridgehead atoms. The van der Waals surface area contributed by atoms with Gasteiger partial charge in [0.2, 0.25) is 5.91 Å². The van der Waals surface area contributed by atoms with Gasteiger partial charge in [-0.2, -0.15) is 0 Å². The van der Waals surface area contributed by atoms with Gasteiger partial charge in [0.05, 0.1) is 5.69 Å². The van der Waals surface area contributed by atoms with Crippen molar-refractivity contribution in [3.8, 4) is 5.75 Å². The molecule has 6 heteroatoms. The minimum absolute atomic E-state index is 0.0129. The van der Waals surface area contributed by atoms with Crippen LogP contribution in [0.1, 0.15) is 32.1 Å². The van der Waals surface area contributed by atoms with Crippen LogP contribution in [0.5, 0.6) is 5.75 Å². The van der Waals surface area contributed by atoms with Crippen LogP contribution < -0.4 is 9.64 Å². The van der Waals surface area contributed by atoms with Crippen LogP contribution in [-0.4, -0.2) is 43.0 Å². The lowest BCUT2D eigenvalue weighted by Crippen LogP contribution is -2.48. The molecule has 1 aliphatic carbocycles. The summed E-state index contributed by atoms with van der Waals surface area (Å²) >= 11 is 3.39. The van der Waals surface area contributed by atoms with Gasteiger partial charge < -0.3 is 9.64 Å². The van der Waals surface area contributed by atoms with E-state index in [1.54, 1.807) is 0 Å². The van der Waals surface area contributed by atoms with Crippen LogP contribution in [0.4, 0.5) is 5.69 Å². The summed E-state index contributed by atoms with van der Waals surface area (Å²) in [7, 11) is 1.85. The van der Waals surface area contributed by atoms with E-state index in [4.69, 9.17) is 4.74 Å². The first kappa shape index (κ1) is 16.3. The number of benzene rings is 1. The third-order valence-corrected chi connectivity index (χ3v) is 5.17. The summed E-state index contributed by atoms with van der Waals surface area (Å²) in [5, 5.41) is 0. The smallest absolute Gasteiger partial charge is 0.265 e. The standard InChI is InChI=1S/C17H21BrN2O3/c1-19(13-5-3-2-4-6-13)16(21)10-20-14-8-7-12(18)9-15(14)23-11-17(20)22/h7-9,13H,2-6,10-11H2,1H3. The van der Waals surface area contributed by atoms with Crippen molar-refractivity contribution >= 4 is 33.4 Å². The summed E-state index contributed by atoms with van der Waals surface area (Å²) < 4.78 is 6.34. The SMILES string of the molecule is CN(C(=O)CN1C(=O)COc2cc(Br)ccc21)C1CCCCC1. The van der Waals surface area contributed by atoms with Crippen LogP contribution in [0.15, 0.2) is 22.7 Å². The van der Waals surface area contributed by atoms with E-state index < -0.39 is 0 Å². The maximum Gasteiger partial charge on any atom is 0.265 e. The molecule has 23 heavy (non-hydrogen) atoms. The average molecular weight is 381 g/mol. The van der Waals surface area contributed by atoms with E-state index in [9.17, 15) is 9.59 Å². The van der Waals surface area contributed by atoms with E-state index in [0.717, 1.165) is 17.3 Å². The summed E-state index contributed by atoms with van der Waals surface area (Å²) in [6.45, 7) is 0.0493. The predicted octanol–water partition coefficient (Wildman–Crippen LogP) is 2.97. The number of carbonyl (C=O) groups is 2. The van der Waals surface area contributed by atoms with Crippen LogP contribution in [0.2, 0.25) is 0 Å². The Labute approximate surface area is 144 Å². The number of likely N-dealkylation sites (N-methyl/N-ethyl adjacent to an activating group) is 1. The van der Waals surface area contributed by atoms with Crippen LogP contribution in [0, 0.1) is 0 Å². The minimum Gasteiger partial charge on any atom is -0.482 e. The van der Waals surface area contributed by atoms with Gasteiger partial charge in [-0.3, -0.25) is 14.5 Å². The van der Waals surface area contributed by atoms with Gasteiger partial charge in [0.1, 0.15) is 12.3 Å². The Balaban J connectivity index is 1.74. The maximum absolute atomic E-state index is 12.6. The van der Waals surface area contributed by atoms with Crippen molar-refractivity contribution in [3.05, 3.63) is 22.7 Å². The quantitative estimate of drug-likeness (QED) is 0.809. The molecule has 0 atom stereocenters. The first-order valence-corrected chi connectivity index (χ1v) is 8.84. The monoisotopic (exact) mass is 380 g/mol. The van der Waals surface area contributed by atoms with E-state index in [0.29, 0.717) is 17.5 Å². The lowest BCUT2D eigenvalue weighted by molar-refractivity contribution is -0.133. The summed E-state index contributed by atoms with van der Waals surface area (Å²) in [5.41, 5.74) is 0.662. The average Bonchev–Trinajstić information content (AvgIpc) is 2.57. The van der Waals surface area contributed by atoms with Gasteiger partial charge in [0.15, 0.2) is 6.61 Å². The number of nitrogens with zero attached hydrogens (tertiary/aromatic N) is 2. The number of ether oxygens (including phenoxy) is 1. The molecule has 0 unspecified atom stereocenters. The molecule has 2 aliphatic rings. The number of anilines is 1. The zero-order valence-corrected chi connectivity index (χ0v) is 14.8. The molecule has 1 aromatic rings. The second-order valence-electron chi connectivity index (χ2n) is 6.18. The highest BCUT2D eigenvalue weighted by molar-refractivity contribution is 9.10. The summed E-state index contributed by atoms with van der Waals surface area (Å²) in [5.74, 6) is 0.443. The number of carbonyl (C=O) groups excluding carboxylic acids is 2. The maximum atomic E-state index is 12.6. The molecule has 3 rings (SSSR count). The Hall–Kier alpha value is -1.56. The Bertz CT molecular complexity index is 614. The lowest BCUT2D eigenvalue weighted by Gasteiger charge is -2.34. The number of rotatable bonds is 3. The van der Waals surface area contributed by atoms with Gasteiger partial charge in [0.25, 0.3) is 5.91 Å². The van der Waals surface area contributed by atoms with E-state index in [1.165, 1.54) is 24.2 Å². The van der Waals surface area contributed by atoms with Crippen molar-refractivity contribution in [2.24, 2.45) is 0 Å². The molecule has 0 aromatic heterocycles. The third kappa shape index (κ3) is 3.52. The third-order valence-electron chi connectivity index (χ3n) is 4.67. The number of amides is 2. The highest BCUT2D eigenvalue weighted by Gasteiger charge is 2.30. The van der Waals surface area contributed by atoms with E-state index >= 15 is 0 Å². The molecule has 0 N–H and O–H groups in total. The van der Waals surface area contributed by atoms with Crippen LogP contribution >= 0.6 is 15.9 Å². The van der Waals surface area contributed by atoms with Crippen molar-refractivity contribution < 1.29 is 14.3 Å². The number of fused-ring (bicyclic) bond motifs is 1. The zero-order chi connectivity index (χ0) is 16.4. The molecule has 0 saturated heterocycles. The molecule has 2 amide bonds. The van der Waals surface area contributed by atoms with Crippen molar-refractivity contribution in [3.63, 3.8) is 0 Å². The molecule has 1 aliphatic heterocycles. The van der Waals surface area contributed by atoms with Gasteiger partial charge in [-0.15, -0.1) is 0 Å². The lowest BCUT2D eigenvalue weighted by atomic mass is 9.94. The normalized spacial score (nSPS) is 18.3. The fraction of sp³-hybridized carbons (Fsp3) is 0.529. The first-order chi connectivity index (χ1) is 11.1. The molecule has 1 fully saturated rings. The first-order valence-electron chi connectivity index (χ1n) is 8.04. The molecular formula is C17H21BrN2O3. The highest BCUT2D eigenvalue weighted by atomic mass is 79.9. The minimum atomic E-state index is -0.176. The molecule has 1 aromatic carbocycles. The number of halogens is 1. The molecule has 0 radical (unpaired) electrons. The Morgan fingerprint density at radius 2 is 2.09 bits per heavy atom. The van der Waals surface area contributed by atoms with Gasteiger partial charge >= 0.3 is 0 Å².